The summed E-state index contributed by atoms with van der Waals surface area (Å²) in [6.45, 7) is 0. The van der Waals surface area contributed by atoms with Gasteiger partial charge in [-0.25, -0.2) is 15.0 Å². The topological polar surface area (TPSA) is 128 Å². The molecule has 2 aromatic carbocycles. The molecule has 1 aliphatic heterocycles. The Morgan fingerprint density at radius 1 is 0.826 bits per heavy atom. The Morgan fingerprint density at radius 3 is 2.02 bits per heavy atom. The smallest absolute Gasteiger partial charge is 0.257 e. The minimum Gasteiger partial charge on any atom is -0.508 e. The molecular formula is C37H44N6O3. The van der Waals surface area contributed by atoms with Gasteiger partial charge in [0.15, 0.2) is 5.96 Å². The van der Waals surface area contributed by atoms with Crippen LogP contribution in [0.4, 0.5) is 11.6 Å². The van der Waals surface area contributed by atoms with Crippen molar-refractivity contribution in [3.63, 3.8) is 0 Å². The number of aromatic nitrogens is 2. The first-order valence-corrected chi connectivity index (χ1v) is 16.9. The number of pyridine rings is 2. The average Bonchev–Trinajstić information content (AvgIpc) is 3.27. The highest BCUT2D eigenvalue weighted by Gasteiger charge is 2.48. The number of guanidine groups is 1. The Morgan fingerprint density at radius 2 is 1.43 bits per heavy atom. The summed E-state index contributed by atoms with van der Waals surface area (Å²) in [4.78, 5) is 32.6. The minimum atomic E-state index is -0.792. The zero-order valence-electron chi connectivity index (χ0n) is 26.6. The number of amides is 1. The van der Waals surface area contributed by atoms with Gasteiger partial charge in [0.2, 0.25) is 0 Å². The lowest BCUT2D eigenvalue weighted by atomic mass is 9.74. The monoisotopic (exact) mass is 620 g/mol. The number of hydrogen-bond acceptors (Lipinski definition) is 8. The number of carbonyl (C=O) groups is 1. The van der Waals surface area contributed by atoms with E-state index in [2.05, 4.69) is 4.90 Å². The summed E-state index contributed by atoms with van der Waals surface area (Å²) in [5, 5.41) is 21.8. The number of phenols is 2. The van der Waals surface area contributed by atoms with Crippen LogP contribution in [0.1, 0.15) is 77.0 Å². The number of likely N-dealkylation sites (N-methyl/N-ethyl adjacent to an activating group) is 1. The highest BCUT2D eigenvalue weighted by Crippen LogP contribution is 2.43. The van der Waals surface area contributed by atoms with E-state index in [4.69, 9.17) is 20.7 Å². The number of nitrogens with zero attached hydrogens (tertiary/aromatic N) is 5. The molecule has 2 aromatic heterocycles. The first kappa shape index (κ1) is 30.3. The first-order valence-electron chi connectivity index (χ1n) is 16.9. The van der Waals surface area contributed by atoms with Crippen molar-refractivity contribution in [3.8, 4) is 11.5 Å². The maximum Gasteiger partial charge on any atom is 0.257 e. The Bertz CT molecular complexity index is 1700. The Balaban J connectivity index is 1.21. The van der Waals surface area contributed by atoms with E-state index < -0.39 is 5.54 Å². The van der Waals surface area contributed by atoms with Gasteiger partial charge < -0.3 is 20.8 Å². The van der Waals surface area contributed by atoms with Crippen molar-refractivity contribution in [2.45, 2.75) is 88.6 Å². The van der Waals surface area contributed by atoms with Crippen LogP contribution in [-0.4, -0.2) is 55.6 Å². The Hall–Kier alpha value is -4.40. The molecule has 2 saturated carbocycles. The van der Waals surface area contributed by atoms with Crippen LogP contribution in [0, 0.1) is 11.8 Å². The first-order chi connectivity index (χ1) is 22.3. The van der Waals surface area contributed by atoms with Gasteiger partial charge in [-0.15, -0.1) is 0 Å². The van der Waals surface area contributed by atoms with Crippen LogP contribution < -0.4 is 10.6 Å². The summed E-state index contributed by atoms with van der Waals surface area (Å²) in [6.07, 6.45) is 12.8. The molecule has 0 bridgehead atoms. The van der Waals surface area contributed by atoms with E-state index in [-0.39, 0.29) is 29.4 Å². The molecule has 3 atom stereocenters. The molecule has 2 aliphatic carbocycles. The zero-order chi connectivity index (χ0) is 31.8. The molecule has 1 unspecified atom stereocenters. The molecule has 4 aromatic rings. The van der Waals surface area contributed by atoms with E-state index in [0.717, 1.165) is 72.0 Å². The van der Waals surface area contributed by atoms with Gasteiger partial charge in [-0.1, -0.05) is 44.9 Å². The summed E-state index contributed by atoms with van der Waals surface area (Å²) >= 11 is 0. The van der Waals surface area contributed by atoms with Crippen molar-refractivity contribution in [2.75, 3.05) is 11.9 Å². The minimum absolute atomic E-state index is 0.0405. The van der Waals surface area contributed by atoms with Gasteiger partial charge in [-0.3, -0.25) is 9.69 Å². The quantitative estimate of drug-likeness (QED) is 0.191. The number of aromatic hydroxyl groups is 2. The van der Waals surface area contributed by atoms with Crippen LogP contribution >= 0.6 is 0 Å². The number of nitrogens with two attached hydrogens (primary N) is 1. The molecule has 3 heterocycles. The van der Waals surface area contributed by atoms with Gasteiger partial charge in [0, 0.05) is 23.9 Å². The van der Waals surface area contributed by atoms with Crippen molar-refractivity contribution in [1.82, 2.24) is 14.9 Å². The van der Waals surface area contributed by atoms with Crippen LogP contribution in [0.5, 0.6) is 11.5 Å². The van der Waals surface area contributed by atoms with E-state index in [0.29, 0.717) is 18.3 Å². The number of hydrogen-bond donors (Lipinski definition) is 3. The molecule has 0 radical (unpaired) electrons. The molecule has 2 fully saturated rings. The third-order valence-electron chi connectivity index (χ3n) is 10.6. The molecular weight excluding hydrogens is 576 g/mol. The number of fused-ring (bicyclic) bond motifs is 2. The maximum atomic E-state index is 13.8. The Labute approximate surface area is 270 Å². The molecule has 3 aliphatic rings. The number of carbonyl (C=O) groups excluding carboxylic acids is 1. The van der Waals surface area contributed by atoms with Gasteiger partial charge in [-0.05, 0) is 105 Å². The van der Waals surface area contributed by atoms with E-state index in [1.165, 1.54) is 32.1 Å². The fourth-order valence-electron chi connectivity index (χ4n) is 8.20. The predicted molar refractivity (Wildman–Crippen MR) is 182 cm³/mol. The second-order valence-corrected chi connectivity index (χ2v) is 13.8. The zero-order valence-corrected chi connectivity index (χ0v) is 26.6. The summed E-state index contributed by atoms with van der Waals surface area (Å²) in [5.74, 6) is 3.33. The molecule has 240 valence electrons. The highest BCUT2D eigenvalue weighted by atomic mass is 16.3. The molecule has 4 N–H and O–H groups in total. The van der Waals surface area contributed by atoms with E-state index >= 15 is 0 Å². The Kier molecular flexibility index (Phi) is 8.17. The molecule has 7 rings (SSSR count). The number of rotatable bonds is 8. The second kappa shape index (κ2) is 12.4. The highest BCUT2D eigenvalue weighted by molar-refractivity contribution is 6.06. The van der Waals surface area contributed by atoms with Crippen molar-refractivity contribution >= 4 is 45.3 Å². The summed E-state index contributed by atoms with van der Waals surface area (Å²) in [7, 11) is 1.76. The van der Waals surface area contributed by atoms with Gasteiger partial charge in [0.1, 0.15) is 28.7 Å². The number of anilines is 2. The van der Waals surface area contributed by atoms with Crippen molar-refractivity contribution in [2.24, 2.45) is 22.6 Å². The van der Waals surface area contributed by atoms with Crippen LogP contribution in [0.15, 0.2) is 65.7 Å². The summed E-state index contributed by atoms with van der Waals surface area (Å²) < 4.78 is 0. The lowest BCUT2D eigenvalue weighted by molar-refractivity contribution is -0.131. The molecule has 9 nitrogen and oxygen atoms in total. The van der Waals surface area contributed by atoms with Crippen LogP contribution in [0.25, 0.3) is 21.8 Å². The van der Waals surface area contributed by atoms with E-state index in [1.807, 2.05) is 36.4 Å². The van der Waals surface area contributed by atoms with Gasteiger partial charge in [0.05, 0.1) is 11.0 Å². The normalized spacial score (nSPS) is 24.1. The number of aliphatic imine (C=N–C) groups is 1. The van der Waals surface area contributed by atoms with E-state index in [9.17, 15) is 15.0 Å². The van der Waals surface area contributed by atoms with Crippen molar-refractivity contribution in [1.29, 1.82) is 0 Å². The maximum absolute atomic E-state index is 13.8. The fourth-order valence-corrected chi connectivity index (χ4v) is 8.20. The van der Waals surface area contributed by atoms with Crippen LogP contribution in [0.3, 0.4) is 0 Å². The standard InChI is InChI=1S/C37H44N6O3/c1-42-35(46)37(41-36(42)38,19-18-24-6-3-2-4-7-24)23-25-8-5-9-28(20-25)43(33-16-10-26-21-29(44)12-14-31(26)39-33)34-17-11-27-22-30(45)13-15-32(27)40-34/h10-17,21-22,24-25,28,44-45H,2-9,18-20,23H2,1H3,(H2,38,41)/t25-,28?,37+/m0/s1. The molecule has 46 heavy (non-hydrogen) atoms. The van der Waals surface area contributed by atoms with Crippen LogP contribution in [-0.2, 0) is 4.79 Å². The van der Waals surface area contributed by atoms with Crippen LogP contribution in [0.2, 0.25) is 0 Å². The van der Waals surface area contributed by atoms with Crippen molar-refractivity contribution < 1.29 is 15.0 Å². The average molecular weight is 621 g/mol. The molecule has 1 amide bonds. The van der Waals surface area contributed by atoms with E-state index in [1.54, 1.807) is 36.2 Å². The number of phenolic OH excluding ortho intramolecular Hbond substituents is 2. The lowest BCUT2D eigenvalue weighted by Gasteiger charge is -2.40. The fraction of sp³-hybridized carbons (Fsp3) is 0.459. The summed E-state index contributed by atoms with van der Waals surface area (Å²) in [5.41, 5.74) is 7.09. The number of benzene rings is 2. The van der Waals surface area contributed by atoms with Gasteiger partial charge in [-0.2, -0.15) is 0 Å². The van der Waals surface area contributed by atoms with Gasteiger partial charge >= 0.3 is 0 Å². The summed E-state index contributed by atoms with van der Waals surface area (Å²) in [6, 6.07) is 18.5. The third-order valence-corrected chi connectivity index (χ3v) is 10.6. The SMILES string of the molecule is CN1C(=O)[C@@](CCC2CCCCC2)(C[C@H]2CCCC(N(c3ccc4cc(O)ccc4n3)c3ccc4cc(O)ccc4n3)C2)N=C1N. The second-order valence-electron chi connectivity index (χ2n) is 13.8. The lowest BCUT2D eigenvalue weighted by Crippen LogP contribution is -2.45. The molecule has 9 heteroatoms. The van der Waals surface area contributed by atoms with Gasteiger partial charge in [0.25, 0.3) is 5.91 Å². The third kappa shape index (κ3) is 5.95. The molecule has 0 saturated heterocycles. The van der Waals surface area contributed by atoms with Crippen molar-refractivity contribution in [3.05, 3.63) is 60.7 Å². The largest absolute Gasteiger partial charge is 0.508 e. The molecule has 0 spiro atoms. The predicted octanol–water partition coefficient (Wildman–Crippen LogP) is 7.17.